The van der Waals surface area contributed by atoms with Gasteiger partial charge in [0.15, 0.2) is 5.78 Å². The molecule has 32 heavy (non-hydrogen) atoms. The van der Waals surface area contributed by atoms with E-state index in [1.807, 2.05) is 0 Å². The Morgan fingerprint density at radius 3 is 2.22 bits per heavy atom. The van der Waals surface area contributed by atoms with E-state index < -0.39 is 36.1 Å². The maximum Gasteiger partial charge on any atom is 0.274 e. The summed E-state index contributed by atoms with van der Waals surface area (Å²) in [5.74, 6) is -3.20. The minimum atomic E-state index is -0.720. The zero-order chi connectivity index (χ0) is 23.2. The van der Waals surface area contributed by atoms with Gasteiger partial charge in [0.25, 0.3) is 17.7 Å². The SMILES string of the molecule is O=C(CN(C(=O)c1ccc(Cl)cc1Cl)N1C(=O)[C@H]2C[C@@H](Br)[C@@H](Br)C[C@H]2C1=O)c1cccs1. The largest absolute Gasteiger partial charge is 0.291 e. The van der Waals surface area contributed by atoms with Gasteiger partial charge in [-0.1, -0.05) is 61.1 Å². The molecule has 2 aromatic rings. The lowest BCUT2D eigenvalue weighted by atomic mass is 9.81. The van der Waals surface area contributed by atoms with Crippen molar-refractivity contribution in [3.05, 3.63) is 56.2 Å². The highest BCUT2D eigenvalue weighted by Crippen LogP contribution is 2.44. The quantitative estimate of drug-likeness (QED) is 0.261. The first kappa shape index (κ1) is 23.9. The van der Waals surface area contributed by atoms with Crippen LogP contribution in [0, 0.1) is 11.8 Å². The smallest absolute Gasteiger partial charge is 0.274 e. The second-order valence-electron chi connectivity index (χ2n) is 7.59. The van der Waals surface area contributed by atoms with Crippen molar-refractivity contribution in [1.82, 2.24) is 10.0 Å². The highest BCUT2D eigenvalue weighted by atomic mass is 79.9. The first-order chi connectivity index (χ1) is 15.2. The van der Waals surface area contributed by atoms with Crippen LogP contribution in [0.4, 0.5) is 0 Å². The van der Waals surface area contributed by atoms with Crippen molar-refractivity contribution in [2.24, 2.45) is 11.8 Å². The third kappa shape index (κ3) is 4.42. The van der Waals surface area contributed by atoms with E-state index in [4.69, 9.17) is 23.2 Å². The number of Topliss-reactive ketones (excluding diaryl/α,β-unsaturated/α-hetero) is 1. The molecule has 0 spiro atoms. The molecule has 2 aliphatic rings. The van der Waals surface area contributed by atoms with Gasteiger partial charge >= 0.3 is 0 Å². The van der Waals surface area contributed by atoms with E-state index in [1.165, 1.54) is 29.5 Å². The van der Waals surface area contributed by atoms with Gasteiger partial charge in [-0.05, 0) is 42.5 Å². The number of imide groups is 1. The Balaban J connectivity index is 1.72. The van der Waals surface area contributed by atoms with E-state index in [0.717, 1.165) is 10.0 Å². The third-order valence-electron chi connectivity index (χ3n) is 5.62. The summed E-state index contributed by atoms with van der Waals surface area (Å²) in [7, 11) is 0. The summed E-state index contributed by atoms with van der Waals surface area (Å²) in [4.78, 5) is 53.4. The van der Waals surface area contributed by atoms with Gasteiger partial charge in [0.2, 0.25) is 0 Å². The first-order valence-corrected chi connectivity index (χ1v) is 13.1. The number of ketones is 1. The summed E-state index contributed by atoms with van der Waals surface area (Å²) in [5.41, 5.74) is 0.0438. The predicted molar refractivity (Wildman–Crippen MR) is 130 cm³/mol. The molecule has 1 saturated carbocycles. The summed E-state index contributed by atoms with van der Waals surface area (Å²) in [6.07, 6.45) is 0.897. The molecule has 4 atom stereocenters. The molecule has 4 rings (SSSR count). The van der Waals surface area contributed by atoms with E-state index in [2.05, 4.69) is 31.9 Å². The number of amides is 3. The van der Waals surface area contributed by atoms with Crippen molar-refractivity contribution in [3.63, 3.8) is 0 Å². The molecule has 6 nitrogen and oxygen atoms in total. The number of hydrazine groups is 1. The summed E-state index contributed by atoms with van der Waals surface area (Å²) < 4.78 is 0. The van der Waals surface area contributed by atoms with Crippen molar-refractivity contribution < 1.29 is 19.2 Å². The monoisotopic (exact) mass is 620 g/mol. The van der Waals surface area contributed by atoms with Gasteiger partial charge in [0.05, 0.1) is 27.3 Å². The summed E-state index contributed by atoms with van der Waals surface area (Å²) in [6.45, 7) is -0.468. The normalized spacial score (nSPS) is 25.1. The Kier molecular flexibility index (Phi) is 7.12. The molecule has 1 aliphatic carbocycles. The Bertz CT molecular complexity index is 1070. The molecule has 1 saturated heterocycles. The lowest BCUT2D eigenvalue weighted by Gasteiger charge is -2.30. The van der Waals surface area contributed by atoms with Gasteiger partial charge in [-0.25, -0.2) is 5.01 Å². The van der Waals surface area contributed by atoms with Crippen molar-refractivity contribution in [3.8, 4) is 0 Å². The minimum absolute atomic E-state index is 0.0167. The van der Waals surface area contributed by atoms with Crippen LogP contribution in [0.25, 0.3) is 0 Å². The maximum absolute atomic E-state index is 13.5. The lowest BCUT2D eigenvalue weighted by Crippen LogP contribution is -2.52. The van der Waals surface area contributed by atoms with Crippen LogP contribution < -0.4 is 0 Å². The fraction of sp³-hybridized carbons (Fsp3) is 0.333. The van der Waals surface area contributed by atoms with Crippen LogP contribution in [0.3, 0.4) is 0 Å². The summed E-state index contributed by atoms with van der Waals surface area (Å²) >= 11 is 20.5. The van der Waals surface area contributed by atoms with Crippen LogP contribution >= 0.6 is 66.4 Å². The molecule has 0 radical (unpaired) electrons. The van der Waals surface area contributed by atoms with Crippen molar-refractivity contribution in [2.75, 3.05) is 6.54 Å². The average Bonchev–Trinajstić information content (AvgIpc) is 3.35. The fourth-order valence-corrected chi connectivity index (χ4v) is 6.39. The topological polar surface area (TPSA) is 74.8 Å². The van der Waals surface area contributed by atoms with Gasteiger partial charge < -0.3 is 0 Å². The second-order valence-corrected chi connectivity index (χ2v) is 11.7. The molecular formula is C21H16Br2Cl2N2O4S. The van der Waals surface area contributed by atoms with Gasteiger partial charge in [-0.2, -0.15) is 5.01 Å². The van der Waals surface area contributed by atoms with Crippen LogP contribution in [-0.2, 0) is 9.59 Å². The van der Waals surface area contributed by atoms with E-state index in [-0.39, 0.29) is 26.0 Å². The van der Waals surface area contributed by atoms with Crippen LogP contribution in [0.2, 0.25) is 10.0 Å². The van der Waals surface area contributed by atoms with Crippen molar-refractivity contribution in [2.45, 2.75) is 22.5 Å². The first-order valence-electron chi connectivity index (χ1n) is 9.68. The molecule has 168 valence electrons. The Labute approximate surface area is 215 Å². The van der Waals surface area contributed by atoms with Gasteiger partial charge in [0.1, 0.15) is 6.54 Å². The fourth-order valence-electron chi connectivity index (χ4n) is 4.00. The van der Waals surface area contributed by atoms with Crippen molar-refractivity contribution >= 4 is 89.9 Å². The number of benzene rings is 1. The van der Waals surface area contributed by atoms with E-state index in [1.54, 1.807) is 17.5 Å². The van der Waals surface area contributed by atoms with Gasteiger partial charge in [-0.15, -0.1) is 11.3 Å². The van der Waals surface area contributed by atoms with Crippen LogP contribution in [0.5, 0.6) is 0 Å². The number of nitrogens with zero attached hydrogens (tertiary/aromatic N) is 2. The number of rotatable bonds is 5. The number of carbonyl (C=O) groups excluding carboxylic acids is 4. The lowest BCUT2D eigenvalue weighted by molar-refractivity contribution is -0.154. The molecule has 3 amide bonds. The zero-order valence-corrected chi connectivity index (χ0v) is 21.8. The van der Waals surface area contributed by atoms with E-state index >= 15 is 0 Å². The number of thiophene rings is 1. The average molecular weight is 623 g/mol. The molecule has 1 aromatic carbocycles. The second kappa shape index (κ2) is 9.54. The maximum atomic E-state index is 13.5. The van der Waals surface area contributed by atoms with Crippen LogP contribution in [0.15, 0.2) is 35.7 Å². The minimum Gasteiger partial charge on any atom is -0.291 e. The highest BCUT2D eigenvalue weighted by Gasteiger charge is 2.54. The molecule has 1 aromatic heterocycles. The number of hydrogen-bond donors (Lipinski definition) is 0. The number of hydrogen-bond acceptors (Lipinski definition) is 5. The molecule has 11 heteroatoms. The highest BCUT2D eigenvalue weighted by molar-refractivity contribution is 9.12. The summed E-state index contributed by atoms with van der Waals surface area (Å²) in [6, 6.07) is 7.64. The van der Waals surface area contributed by atoms with Crippen LogP contribution in [0.1, 0.15) is 32.9 Å². The third-order valence-corrected chi connectivity index (χ3v) is 9.81. The molecule has 1 aliphatic heterocycles. The predicted octanol–water partition coefficient (Wildman–Crippen LogP) is 5.22. The zero-order valence-electron chi connectivity index (χ0n) is 16.3. The Morgan fingerprint density at radius 2 is 1.69 bits per heavy atom. The molecule has 2 fully saturated rings. The van der Waals surface area contributed by atoms with E-state index in [0.29, 0.717) is 22.7 Å². The number of alkyl halides is 2. The molecule has 0 unspecified atom stereocenters. The molecule has 2 heterocycles. The molecular weight excluding hydrogens is 607 g/mol. The van der Waals surface area contributed by atoms with Gasteiger partial charge in [0, 0.05) is 14.7 Å². The molecule has 0 bridgehead atoms. The number of fused-ring (bicyclic) bond motifs is 1. The van der Waals surface area contributed by atoms with E-state index in [9.17, 15) is 19.2 Å². The van der Waals surface area contributed by atoms with Crippen molar-refractivity contribution in [1.29, 1.82) is 0 Å². The van der Waals surface area contributed by atoms with Crippen LogP contribution in [-0.4, -0.2) is 49.7 Å². The number of carbonyl (C=O) groups is 4. The standard InChI is InChI=1S/C21H16Br2Cl2N2O4S/c22-14-7-12-13(8-15(14)23)21(31)27(20(12)30)26(9-17(28)18-2-1-5-32-18)19(29)11-4-3-10(24)6-16(11)25/h1-6,12-15H,7-9H2/t12-,13+,14+,15-. The Hall–Kier alpha value is -1.26. The molecule has 0 N–H and O–H groups in total. The Morgan fingerprint density at radius 1 is 1.06 bits per heavy atom. The van der Waals surface area contributed by atoms with Gasteiger partial charge in [-0.3, -0.25) is 19.2 Å². The summed E-state index contributed by atoms with van der Waals surface area (Å²) in [5, 5.41) is 3.90. The number of halogens is 4.